The van der Waals surface area contributed by atoms with Crippen LogP contribution in [0.25, 0.3) is 11.5 Å². The molecule has 0 unspecified atom stereocenters. The van der Waals surface area contributed by atoms with Crippen LogP contribution in [0.3, 0.4) is 0 Å². The summed E-state index contributed by atoms with van der Waals surface area (Å²) in [5.74, 6) is -0.834. The van der Waals surface area contributed by atoms with Crippen molar-refractivity contribution in [1.29, 1.82) is 0 Å². The van der Waals surface area contributed by atoms with Crippen LogP contribution in [0.5, 0.6) is 0 Å². The maximum Gasteiger partial charge on any atom is 0.314 e. The number of nitrogens with zero attached hydrogens (tertiary/aromatic N) is 4. The highest BCUT2D eigenvalue weighted by molar-refractivity contribution is 7.93. The van der Waals surface area contributed by atoms with Gasteiger partial charge in [-0.1, -0.05) is 18.2 Å². The largest absolute Gasteiger partial charge is 0.415 e. The Balaban J connectivity index is 0.00000193. The molecular weight excluding hydrogens is 499 g/mol. The van der Waals surface area contributed by atoms with Crippen molar-refractivity contribution in [3.05, 3.63) is 60.2 Å². The van der Waals surface area contributed by atoms with E-state index in [9.17, 15) is 17.2 Å². The summed E-state index contributed by atoms with van der Waals surface area (Å²) in [5, 5.41) is 9.61. The maximum atomic E-state index is 13.4. The summed E-state index contributed by atoms with van der Waals surface area (Å²) in [7, 11) is -3.61. The number of nitrogens with one attached hydrogen (secondary N) is 1. The molecule has 1 aromatic carbocycles. The molecule has 0 bridgehead atoms. The van der Waals surface area contributed by atoms with Gasteiger partial charge in [0.15, 0.2) is 0 Å². The third kappa shape index (κ3) is 6.17. The molecule has 1 fully saturated rings. The Morgan fingerprint density at radius 3 is 2.33 bits per heavy atom. The molecule has 0 amide bonds. The molecule has 1 aliphatic rings. The summed E-state index contributed by atoms with van der Waals surface area (Å²) >= 11 is 0. The van der Waals surface area contributed by atoms with Crippen molar-refractivity contribution >= 4 is 40.5 Å². The number of sulfonamides is 1. The smallest absolute Gasteiger partial charge is 0.314 e. The van der Waals surface area contributed by atoms with Gasteiger partial charge in [0.05, 0.1) is 28.7 Å². The Morgan fingerprint density at radius 1 is 1.06 bits per heavy atom. The Kier molecular flexibility index (Phi) is 9.53. The molecule has 0 aliphatic carbocycles. The summed E-state index contributed by atoms with van der Waals surface area (Å²) in [6.45, 7) is 1.36. The zero-order chi connectivity index (χ0) is 21.8. The summed E-state index contributed by atoms with van der Waals surface area (Å²) in [6.07, 6.45) is -0.366. The molecule has 3 heterocycles. The molecular formula is C20H23Cl2F2N5O3S. The van der Waals surface area contributed by atoms with Gasteiger partial charge in [0.25, 0.3) is 5.89 Å². The predicted molar refractivity (Wildman–Crippen MR) is 124 cm³/mol. The van der Waals surface area contributed by atoms with Crippen molar-refractivity contribution in [3.63, 3.8) is 0 Å². The van der Waals surface area contributed by atoms with E-state index in [-0.39, 0.29) is 37.2 Å². The Hall–Kier alpha value is -2.34. The lowest BCUT2D eigenvalue weighted by molar-refractivity contribution is 0.116. The van der Waals surface area contributed by atoms with E-state index in [0.29, 0.717) is 42.9 Å². The van der Waals surface area contributed by atoms with Crippen LogP contribution in [-0.4, -0.2) is 41.9 Å². The van der Waals surface area contributed by atoms with Crippen LogP contribution in [0.15, 0.2) is 53.1 Å². The fourth-order valence-electron chi connectivity index (χ4n) is 3.43. The maximum absolute atomic E-state index is 13.4. The first-order valence-corrected chi connectivity index (χ1v) is 11.3. The second-order valence-electron chi connectivity index (χ2n) is 7.12. The van der Waals surface area contributed by atoms with Crippen LogP contribution in [0.1, 0.15) is 30.9 Å². The van der Waals surface area contributed by atoms with Gasteiger partial charge in [0, 0.05) is 6.20 Å². The average Bonchev–Trinajstić information content (AvgIpc) is 3.30. The van der Waals surface area contributed by atoms with E-state index < -0.39 is 27.6 Å². The molecule has 1 saturated heterocycles. The van der Waals surface area contributed by atoms with Gasteiger partial charge in [0.1, 0.15) is 0 Å². The highest BCUT2D eigenvalue weighted by Gasteiger charge is 2.33. The zero-order valence-electron chi connectivity index (χ0n) is 17.3. The second-order valence-corrected chi connectivity index (χ2v) is 9.26. The van der Waals surface area contributed by atoms with Crippen molar-refractivity contribution in [2.24, 2.45) is 0 Å². The molecule has 0 spiro atoms. The minimum Gasteiger partial charge on any atom is -0.415 e. The number of pyridine rings is 1. The molecule has 1 aliphatic heterocycles. The molecule has 13 heteroatoms. The van der Waals surface area contributed by atoms with E-state index in [2.05, 4.69) is 20.5 Å². The number of aromatic nitrogens is 3. The van der Waals surface area contributed by atoms with Gasteiger partial charge in [-0.3, -0.25) is 9.29 Å². The number of piperidine rings is 1. The minimum atomic E-state index is -3.61. The van der Waals surface area contributed by atoms with Gasteiger partial charge in [-0.2, -0.15) is 8.78 Å². The molecule has 180 valence electrons. The van der Waals surface area contributed by atoms with Crippen LogP contribution in [0, 0.1) is 0 Å². The van der Waals surface area contributed by atoms with E-state index >= 15 is 0 Å². The normalized spacial score (nSPS) is 14.4. The lowest BCUT2D eigenvalue weighted by atomic mass is 10.2. The molecule has 2 aromatic heterocycles. The number of benzene rings is 1. The van der Waals surface area contributed by atoms with Gasteiger partial charge < -0.3 is 9.73 Å². The average molecular weight is 522 g/mol. The van der Waals surface area contributed by atoms with E-state index in [1.54, 1.807) is 36.4 Å². The van der Waals surface area contributed by atoms with Gasteiger partial charge in [-0.25, -0.2) is 8.42 Å². The van der Waals surface area contributed by atoms with Crippen molar-refractivity contribution in [1.82, 2.24) is 20.5 Å². The first kappa shape index (κ1) is 26.9. The summed E-state index contributed by atoms with van der Waals surface area (Å²) < 4.78 is 58.4. The van der Waals surface area contributed by atoms with Crippen LogP contribution in [-0.2, 0) is 16.6 Å². The van der Waals surface area contributed by atoms with Crippen molar-refractivity contribution in [2.45, 2.75) is 31.1 Å². The lowest BCUT2D eigenvalue weighted by Gasteiger charge is -2.31. The number of hydrogen-bond acceptors (Lipinski definition) is 7. The number of hydrogen-bond donors (Lipinski definition) is 1. The van der Waals surface area contributed by atoms with E-state index in [1.165, 1.54) is 10.5 Å². The van der Waals surface area contributed by atoms with Crippen LogP contribution < -0.4 is 9.62 Å². The standard InChI is InChI=1S/C20H21F2N5O3S.2ClH/c21-18(22)20-26-25-19(30-20)14-6-7-15(24-12-14)13-27(16-4-2-1-3-5-16)31(28,29)17-8-10-23-11-9-17;;/h1-7,12,17-18,23H,8-11,13H2;2*1H. The minimum absolute atomic E-state index is 0. The van der Waals surface area contributed by atoms with Crippen molar-refractivity contribution in [3.8, 4) is 11.5 Å². The summed E-state index contributed by atoms with van der Waals surface area (Å²) in [6, 6.07) is 12.1. The molecule has 8 nitrogen and oxygen atoms in total. The van der Waals surface area contributed by atoms with E-state index in [1.807, 2.05) is 6.07 Å². The summed E-state index contributed by atoms with van der Waals surface area (Å²) in [5.41, 5.74) is 1.43. The zero-order valence-corrected chi connectivity index (χ0v) is 19.8. The van der Waals surface area contributed by atoms with Gasteiger partial charge in [-0.15, -0.1) is 35.0 Å². The quantitative estimate of drug-likeness (QED) is 0.501. The second kappa shape index (κ2) is 11.7. The van der Waals surface area contributed by atoms with Crippen LogP contribution >= 0.6 is 24.8 Å². The number of rotatable bonds is 7. The van der Waals surface area contributed by atoms with Gasteiger partial charge >= 0.3 is 6.43 Å². The van der Waals surface area contributed by atoms with Gasteiger partial charge in [0.2, 0.25) is 15.9 Å². The van der Waals surface area contributed by atoms with E-state index in [4.69, 9.17) is 4.42 Å². The molecule has 1 N–H and O–H groups in total. The highest BCUT2D eigenvalue weighted by Crippen LogP contribution is 2.27. The third-order valence-electron chi connectivity index (χ3n) is 5.06. The Morgan fingerprint density at radius 2 is 1.76 bits per heavy atom. The monoisotopic (exact) mass is 521 g/mol. The Bertz CT molecular complexity index is 1110. The lowest BCUT2D eigenvalue weighted by Crippen LogP contribution is -2.44. The predicted octanol–water partition coefficient (Wildman–Crippen LogP) is 4.00. The number of anilines is 1. The molecule has 4 rings (SSSR count). The van der Waals surface area contributed by atoms with Crippen molar-refractivity contribution < 1.29 is 21.6 Å². The van der Waals surface area contributed by atoms with Crippen LogP contribution in [0.4, 0.5) is 14.5 Å². The SMILES string of the molecule is Cl.Cl.O=S(=O)(C1CCNCC1)N(Cc1ccc(-c2nnc(C(F)F)o2)cn1)c1ccccc1. The number of alkyl halides is 2. The highest BCUT2D eigenvalue weighted by atomic mass is 35.5. The molecule has 33 heavy (non-hydrogen) atoms. The van der Waals surface area contributed by atoms with E-state index in [0.717, 1.165) is 0 Å². The molecule has 0 atom stereocenters. The summed E-state index contributed by atoms with van der Waals surface area (Å²) in [4.78, 5) is 4.30. The number of para-hydroxylation sites is 1. The van der Waals surface area contributed by atoms with Crippen molar-refractivity contribution in [2.75, 3.05) is 17.4 Å². The fraction of sp³-hybridized carbons (Fsp3) is 0.350. The first-order chi connectivity index (χ1) is 14.9. The van der Waals surface area contributed by atoms with Gasteiger partial charge in [-0.05, 0) is 50.2 Å². The number of halogens is 4. The van der Waals surface area contributed by atoms with Crippen LogP contribution in [0.2, 0.25) is 0 Å². The molecule has 3 aromatic rings. The fourth-order valence-corrected chi connectivity index (χ4v) is 5.35. The Labute approximate surface area is 202 Å². The third-order valence-corrected chi connectivity index (χ3v) is 7.33. The molecule has 0 saturated carbocycles. The first-order valence-electron chi connectivity index (χ1n) is 9.79. The molecule has 0 radical (unpaired) electrons. The topological polar surface area (TPSA) is 101 Å².